The largest absolute Gasteiger partial charge is 0.354 e. The number of H-pyrrole nitrogens is 1. The van der Waals surface area contributed by atoms with Crippen LogP contribution in [0.4, 0.5) is 0 Å². The summed E-state index contributed by atoms with van der Waals surface area (Å²) in [4.78, 5) is 74.3. The number of rotatable bonds is 12. The van der Waals surface area contributed by atoms with Crippen LogP contribution < -0.4 is 16.0 Å². The van der Waals surface area contributed by atoms with Gasteiger partial charge in [-0.2, -0.15) is 0 Å². The Balaban J connectivity index is 1.39. The summed E-state index contributed by atoms with van der Waals surface area (Å²) in [5, 5.41) is 12.2. The van der Waals surface area contributed by atoms with Crippen molar-refractivity contribution in [3.8, 4) is 11.3 Å². The number of para-hydroxylation sites is 1. The Hall–Kier alpha value is -4.99. The third kappa shape index (κ3) is 8.47. The second-order valence-electron chi connectivity index (χ2n) is 14.8. The van der Waals surface area contributed by atoms with Crippen LogP contribution in [-0.4, -0.2) is 70.0 Å². The second kappa shape index (κ2) is 17.2. The van der Waals surface area contributed by atoms with E-state index in [1.54, 1.807) is 4.90 Å². The second-order valence-corrected chi connectivity index (χ2v) is 14.8. The molecule has 2 aliphatic rings. The van der Waals surface area contributed by atoms with Crippen molar-refractivity contribution < 1.29 is 24.0 Å². The van der Waals surface area contributed by atoms with Crippen molar-refractivity contribution in [3.63, 3.8) is 0 Å². The molecule has 4 aromatic rings. The number of aromatic amines is 1. The molecule has 2 saturated heterocycles. The number of hydrogen-bond acceptors (Lipinski definition) is 5. The van der Waals surface area contributed by atoms with Gasteiger partial charge in [0.15, 0.2) is 0 Å². The smallest absolute Gasteiger partial charge is 0.246 e. The number of Topliss-reactive ketones (excluding diaryl/α,β-unsaturated/α-hetero) is 1. The van der Waals surface area contributed by atoms with Crippen LogP contribution in [0, 0.1) is 5.92 Å². The number of nitrogens with zero attached hydrogens (tertiary/aromatic N) is 1. The van der Waals surface area contributed by atoms with Crippen LogP contribution in [-0.2, 0) is 30.4 Å². The normalized spacial score (nSPS) is 22.0. The lowest BCUT2D eigenvalue weighted by Crippen LogP contribution is -2.64. The summed E-state index contributed by atoms with van der Waals surface area (Å²) in [7, 11) is 0. The van der Waals surface area contributed by atoms with Crippen molar-refractivity contribution in [3.05, 3.63) is 72.3 Å². The third-order valence-electron chi connectivity index (χ3n) is 11.3. The topological polar surface area (TPSA) is 140 Å². The van der Waals surface area contributed by atoms with Gasteiger partial charge in [-0.3, -0.25) is 24.0 Å². The predicted octanol–water partition coefficient (Wildman–Crippen LogP) is 6.36. The molecule has 4 N–H and O–H groups in total. The number of aromatic nitrogens is 1. The van der Waals surface area contributed by atoms with Crippen molar-refractivity contribution in [1.29, 1.82) is 0 Å². The molecule has 0 aliphatic carbocycles. The zero-order valence-electron chi connectivity index (χ0n) is 31.2. The molecule has 53 heavy (non-hydrogen) atoms. The molecule has 5 atom stereocenters. The van der Waals surface area contributed by atoms with Gasteiger partial charge >= 0.3 is 0 Å². The Bertz CT molecular complexity index is 1960. The van der Waals surface area contributed by atoms with E-state index in [9.17, 15) is 24.0 Å². The van der Waals surface area contributed by atoms with E-state index in [1.165, 1.54) is 0 Å². The molecule has 3 aromatic carbocycles. The molecule has 2 aliphatic heterocycles. The molecule has 0 spiro atoms. The zero-order valence-corrected chi connectivity index (χ0v) is 31.2. The molecule has 10 nitrogen and oxygen atoms in total. The average molecular weight is 720 g/mol. The van der Waals surface area contributed by atoms with Crippen molar-refractivity contribution in [2.75, 3.05) is 6.54 Å². The van der Waals surface area contributed by atoms with Crippen LogP contribution in [0.3, 0.4) is 0 Å². The minimum atomic E-state index is -1.05. The first-order valence-electron chi connectivity index (χ1n) is 19.5. The molecule has 6 rings (SSSR count). The van der Waals surface area contributed by atoms with Gasteiger partial charge in [-0.1, -0.05) is 101 Å². The van der Waals surface area contributed by atoms with Gasteiger partial charge in [0, 0.05) is 42.3 Å². The van der Waals surface area contributed by atoms with Crippen molar-refractivity contribution in [2.24, 2.45) is 5.92 Å². The van der Waals surface area contributed by atoms with E-state index in [0.717, 1.165) is 57.8 Å². The van der Waals surface area contributed by atoms with Gasteiger partial charge in [-0.15, -0.1) is 0 Å². The minimum Gasteiger partial charge on any atom is -0.354 e. The molecule has 10 heteroatoms. The van der Waals surface area contributed by atoms with Crippen LogP contribution in [0.2, 0.25) is 0 Å². The molecule has 280 valence electrons. The van der Waals surface area contributed by atoms with Crippen LogP contribution in [0.5, 0.6) is 0 Å². The van der Waals surface area contributed by atoms with Crippen molar-refractivity contribution in [2.45, 2.75) is 116 Å². The summed E-state index contributed by atoms with van der Waals surface area (Å²) in [6.07, 6.45) is 6.20. The fourth-order valence-corrected chi connectivity index (χ4v) is 7.92. The van der Waals surface area contributed by atoms with E-state index >= 15 is 0 Å². The number of carbonyl (C=O) groups is 5. The van der Waals surface area contributed by atoms with E-state index in [4.69, 9.17) is 0 Å². The van der Waals surface area contributed by atoms with Gasteiger partial charge in [0.2, 0.25) is 23.6 Å². The molecule has 0 bridgehead atoms. The zero-order chi connectivity index (χ0) is 37.5. The Morgan fingerprint density at radius 2 is 1.51 bits per heavy atom. The number of benzene rings is 3. The van der Waals surface area contributed by atoms with Crippen LogP contribution in [0.1, 0.15) is 90.5 Å². The first-order chi connectivity index (χ1) is 25.7. The SMILES string of the molecule is CCC(=O)CCCCC[C@@H]1NC(=O)[C@H]2CCCCN2C(=O)[C@H]([C@@H](C)CC)NC(=O)[C@H](Cc2c(-c3cccc4ccccc34)[nH]c3ccccc23)NC1=O. The van der Waals surface area contributed by atoms with Gasteiger partial charge in [0.25, 0.3) is 0 Å². The summed E-state index contributed by atoms with van der Waals surface area (Å²) < 4.78 is 0. The number of ketones is 1. The lowest BCUT2D eigenvalue weighted by atomic mass is 9.92. The third-order valence-corrected chi connectivity index (χ3v) is 11.3. The number of piperidine rings is 1. The standard InChI is InChI=1S/C43H53N5O5/c1-4-27(3)38-43(53)48-25-14-13-24-37(48)42(52)45-35(23-8-6-7-18-29(49)5-2)40(50)46-36(41(51)47-38)26-33-31-20-11-12-22-34(31)44-39(33)32-21-15-17-28-16-9-10-19-30(28)32/h9-12,15-17,19-22,27,35-38,44H,4-8,13-14,18,23-26H2,1-3H3,(H,45,52)(H,46,50)(H,47,51)/t27-,35-,36-,37+,38-/m0/s1. The van der Waals surface area contributed by atoms with Crippen LogP contribution >= 0.6 is 0 Å². The van der Waals surface area contributed by atoms with Gasteiger partial charge in [0.1, 0.15) is 30.0 Å². The summed E-state index contributed by atoms with van der Waals surface area (Å²) in [6.45, 7) is 6.18. The molecule has 4 amide bonds. The molecule has 0 radical (unpaired) electrons. The summed E-state index contributed by atoms with van der Waals surface area (Å²) in [5.74, 6) is -1.50. The first-order valence-corrected chi connectivity index (χ1v) is 19.5. The fourth-order valence-electron chi connectivity index (χ4n) is 7.92. The van der Waals surface area contributed by atoms with E-state index in [1.807, 2.05) is 63.2 Å². The Morgan fingerprint density at radius 3 is 2.30 bits per heavy atom. The lowest BCUT2D eigenvalue weighted by Gasteiger charge is -2.39. The number of hydrogen-bond donors (Lipinski definition) is 4. The molecule has 3 heterocycles. The molecular formula is C43H53N5O5. The monoisotopic (exact) mass is 719 g/mol. The summed E-state index contributed by atoms with van der Waals surface area (Å²) >= 11 is 0. The quantitative estimate of drug-likeness (QED) is 0.126. The molecule has 2 fully saturated rings. The molecule has 0 saturated carbocycles. The molecule has 1 aromatic heterocycles. The molecule has 0 unspecified atom stereocenters. The summed E-state index contributed by atoms with van der Waals surface area (Å²) in [6, 6.07) is 18.7. The lowest BCUT2D eigenvalue weighted by molar-refractivity contribution is -0.147. The highest BCUT2D eigenvalue weighted by molar-refractivity contribution is 6.02. The van der Waals surface area contributed by atoms with E-state index in [2.05, 4.69) is 45.2 Å². The Kier molecular flexibility index (Phi) is 12.3. The minimum absolute atomic E-state index is 0.147. The number of unbranched alkanes of at least 4 members (excludes halogenated alkanes) is 2. The van der Waals surface area contributed by atoms with E-state index in [-0.39, 0.29) is 29.9 Å². The van der Waals surface area contributed by atoms with Crippen molar-refractivity contribution in [1.82, 2.24) is 25.8 Å². The Labute approximate surface area is 311 Å². The fraction of sp³-hybridized carbons (Fsp3) is 0.465. The van der Waals surface area contributed by atoms with Gasteiger partial charge < -0.3 is 25.8 Å². The van der Waals surface area contributed by atoms with Gasteiger partial charge in [-0.25, -0.2) is 0 Å². The highest BCUT2D eigenvalue weighted by Gasteiger charge is 2.41. The highest BCUT2D eigenvalue weighted by atomic mass is 16.2. The highest BCUT2D eigenvalue weighted by Crippen LogP contribution is 2.35. The van der Waals surface area contributed by atoms with Crippen molar-refractivity contribution >= 4 is 51.1 Å². The molecular weight excluding hydrogens is 667 g/mol. The van der Waals surface area contributed by atoms with E-state index < -0.39 is 36.0 Å². The number of amides is 4. The van der Waals surface area contributed by atoms with Gasteiger partial charge in [-0.05, 0) is 60.4 Å². The first kappa shape index (κ1) is 37.8. The number of carbonyl (C=O) groups excluding carboxylic acids is 5. The number of nitrogens with one attached hydrogen (secondary N) is 4. The maximum atomic E-state index is 14.6. The Morgan fingerprint density at radius 1 is 0.792 bits per heavy atom. The maximum Gasteiger partial charge on any atom is 0.246 e. The van der Waals surface area contributed by atoms with Crippen LogP contribution in [0.25, 0.3) is 32.9 Å². The maximum absolute atomic E-state index is 14.6. The predicted molar refractivity (Wildman–Crippen MR) is 208 cm³/mol. The number of fused-ring (bicyclic) bond motifs is 3. The average Bonchev–Trinajstić information content (AvgIpc) is 3.55. The van der Waals surface area contributed by atoms with E-state index in [0.29, 0.717) is 51.5 Å². The van der Waals surface area contributed by atoms with Crippen LogP contribution in [0.15, 0.2) is 66.7 Å². The van der Waals surface area contributed by atoms with Gasteiger partial charge in [0.05, 0.1) is 5.69 Å². The summed E-state index contributed by atoms with van der Waals surface area (Å²) in [5.41, 5.74) is 3.60.